The van der Waals surface area contributed by atoms with E-state index in [1.807, 2.05) is 6.07 Å². The maximum Gasteiger partial charge on any atom is 0.248 e. The van der Waals surface area contributed by atoms with Gasteiger partial charge in [0.1, 0.15) is 11.5 Å². The van der Waals surface area contributed by atoms with Crippen LogP contribution in [0.15, 0.2) is 40.9 Å². The molecule has 0 aliphatic carbocycles. The summed E-state index contributed by atoms with van der Waals surface area (Å²) in [7, 11) is 1.56. The van der Waals surface area contributed by atoms with Gasteiger partial charge in [0.15, 0.2) is 0 Å². The Morgan fingerprint density at radius 1 is 1.33 bits per heavy atom. The van der Waals surface area contributed by atoms with Crippen molar-refractivity contribution in [3.8, 4) is 11.5 Å². The van der Waals surface area contributed by atoms with Crippen molar-refractivity contribution < 1.29 is 14.6 Å². The second-order valence-corrected chi connectivity index (χ2v) is 5.27. The van der Waals surface area contributed by atoms with Crippen molar-refractivity contribution >= 4 is 27.5 Å². The Morgan fingerprint density at radius 2 is 2.10 bits per heavy atom. The van der Waals surface area contributed by atoms with E-state index in [0.717, 1.165) is 5.56 Å². The standard InChI is InChI=1S/C15H15BrN2O3/c1-21-14-5-3-10(15(17)20)7-12(14)18-8-9-2-4-13(19)11(16)6-9/h2-7,18-19H,8H2,1H3,(H2,17,20). The summed E-state index contributed by atoms with van der Waals surface area (Å²) >= 11 is 3.27. The maximum absolute atomic E-state index is 11.2. The van der Waals surface area contributed by atoms with E-state index < -0.39 is 5.91 Å². The predicted octanol–water partition coefficient (Wildman–Crippen LogP) is 2.87. The summed E-state index contributed by atoms with van der Waals surface area (Å²) in [5, 5.41) is 12.7. The fourth-order valence-corrected chi connectivity index (χ4v) is 2.28. The first kappa shape index (κ1) is 15.2. The van der Waals surface area contributed by atoms with Gasteiger partial charge in [0, 0.05) is 12.1 Å². The monoisotopic (exact) mass is 350 g/mol. The van der Waals surface area contributed by atoms with Crippen LogP contribution < -0.4 is 15.8 Å². The SMILES string of the molecule is COc1ccc(C(N)=O)cc1NCc1ccc(O)c(Br)c1. The summed E-state index contributed by atoms with van der Waals surface area (Å²) in [5.74, 6) is 0.318. The first-order valence-corrected chi connectivity index (χ1v) is 6.99. The Bertz CT molecular complexity index is 674. The molecule has 0 fully saturated rings. The molecule has 0 saturated heterocycles. The molecule has 0 aliphatic heterocycles. The van der Waals surface area contributed by atoms with Crippen molar-refractivity contribution in [1.82, 2.24) is 0 Å². The van der Waals surface area contributed by atoms with Crippen molar-refractivity contribution in [1.29, 1.82) is 0 Å². The number of rotatable bonds is 5. The Morgan fingerprint density at radius 3 is 2.71 bits per heavy atom. The van der Waals surface area contributed by atoms with Gasteiger partial charge in [0.2, 0.25) is 5.91 Å². The van der Waals surface area contributed by atoms with Gasteiger partial charge in [-0.3, -0.25) is 4.79 Å². The zero-order chi connectivity index (χ0) is 15.4. The Kier molecular flexibility index (Phi) is 4.70. The molecule has 0 aromatic heterocycles. The van der Waals surface area contributed by atoms with Gasteiger partial charge in [0.05, 0.1) is 17.3 Å². The molecule has 6 heteroatoms. The minimum Gasteiger partial charge on any atom is -0.507 e. The molecule has 0 heterocycles. The lowest BCUT2D eigenvalue weighted by atomic mass is 10.1. The van der Waals surface area contributed by atoms with Crippen LogP contribution in [-0.2, 0) is 6.54 Å². The van der Waals surface area contributed by atoms with Crippen LogP contribution in [0, 0.1) is 0 Å². The minimum absolute atomic E-state index is 0.187. The average Bonchev–Trinajstić information content (AvgIpc) is 2.48. The number of phenols is 1. The summed E-state index contributed by atoms with van der Waals surface area (Å²) in [6.07, 6.45) is 0. The molecule has 5 nitrogen and oxygen atoms in total. The number of hydrogen-bond acceptors (Lipinski definition) is 4. The lowest BCUT2D eigenvalue weighted by Gasteiger charge is -2.12. The van der Waals surface area contributed by atoms with E-state index in [1.165, 1.54) is 0 Å². The molecule has 0 unspecified atom stereocenters. The topological polar surface area (TPSA) is 84.6 Å². The highest BCUT2D eigenvalue weighted by molar-refractivity contribution is 9.10. The number of amides is 1. The number of carbonyl (C=O) groups is 1. The number of ether oxygens (including phenoxy) is 1. The van der Waals surface area contributed by atoms with Crippen LogP contribution in [0.25, 0.3) is 0 Å². The molecule has 110 valence electrons. The van der Waals surface area contributed by atoms with Gasteiger partial charge in [0.25, 0.3) is 0 Å². The lowest BCUT2D eigenvalue weighted by Crippen LogP contribution is -2.11. The largest absolute Gasteiger partial charge is 0.507 e. The minimum atomic E-state index is -0.493. The van der Waals surface area contributed by atoms with Gasteiger partial charge in [-0.15, -0.1) is 0 Å². The third kappa shape index (κ3) is 3.66. The van der Waals surface area contributed by atoms with E-state index in [9.17, 15) is 9.90 Å². The summed E-state index contributed by atoms with van der Waals surface area (Å²) in [4.78, 5) is 11.2. The highest BCUT2D eigenvalue weighted by Gasteiger charge is 2.08. The summed E-state index contributed by atoms with van der Waals surface area (Å²) in [5.41, 5.74) is 7.33. The summed E-state index contributed by atoms with van der Waals surface area (Å²) in [6.45, 7) is 0.511. The molecule has 0 bridgehead atoms. The number of benzene rings is 2. The zero-order valence-electron chi connectivity index (χ0n) is 11.4. The molecule has 0 spiro atoms. The Labute approximate surface area is 130 Å². The van der Waals surface area contributed by atoms with Crippen LogP contribution in [0.2, 0.25) is 0 Å². The number of carbonyl (C=O) groups excluding carboxylic acids is 1. The normalized spacial score (nSPS) is 10.2. The van der Waals surface area contributed by atoms with Crippen molar-refractivity contribution in [2.45, 2.75) is 6.54 Å². The van der Waals surface area contributed by atoms with Gasteiger partial charge in [-0.2, -0.15) is 0 Å². The van der Waals surface area contributed by atoms with Crippen molar-refractivity contribution in [2.24, 2.45) is 5.73 Å². The highest BCUT2D eigenvalue weighted by atomic mass is 79.9. The molecule has 2 rings (SSSR count). The zero-order valence-corrected chi connectivity index (χ0v) is 13.0. The fraction of sp³-hybridized carbons (Fsp3) is 0.133. The molecule has 0 aliphatic rings. The molecular formula is C15H15BrN2O3. The van der Waals surface area contributed by atoms with Crippen LogP contribution in [0.3, 0.4) is 0 Å². The molecule has 0 saturated carbocycles. The molecule has 1 amide bonds. The fourth-order valence-electron chi connectivity index (χ4n) is 1.86. The first-order valence-electron chi connectivity index (χ1n) is 6.20. The number of aromatic hydroxyl groups is 1. The third-order valence-electron chi connectivity index (χ3n) is 2.98. The number of nitrogens with two attached hydrogens (primary N) is 1. The molecule has 2 aromatic carbocycles. The third-order valence-corrected chi connectivity index (χ3v) is 3.61. The predicted molar refractivity (Wildman–Crippen MR) is 84.6 cm³/mol. The van der Waals surface area contributed by atoms with Gasteiger partial charge in [-0.05, 0) is 51.8 Å². The van der Waals surface area contributed by atoms with E-state index >= 15 is 0 Å². The van der Waals surface area contributed by atoms with E-state index in [-0.39, 0.29) is 5.75 Å². The quantitative estimate of drug-likeness (QED) is 0.773. The van der Waals surface area contributed by atoms with Gasteiger partial charge >= 0.3 is 0 Å². The second-order valence-electron chi connectivity index (χ2n) is 4.42. The number of hydrogen-bond donors (Lipinski definition) is 3. The van der Waals surface area contributed by atoms with Crippen molar-refractivity contribution in [3.05, 3.63) is 52.0 Å². The Balaban J connectivity index is 2.19. The molecular weight excluding hydrogens is 336 g/mol. The molecule has 4 N–H and O–H groups in total. The highest BCUT2D eigenvalue weighted by Crippen LogP contribution is 2.28. The second kappa shape index (κ2) is 6.49. The maximum atomic E-state index is 11.2. The number of halogens is 1. The molecule has 0 atom stereocenters. The summed E-state index contributed by atoms with van der Waals surface area (Å²) in [6, 6.07) is 10.2. The Hall–Kier alpha value is -2.21. The molecule has 0 radical (unpaired) electrons. The van der Waals surface area contributed by atoms with Gasteiger partial charge in [-0.1, -0.05) is 6.07 Å². The van der Waals surface area contributed by atoms with Crippen molar-refractivity contribution in [3.63, 3.8) is 0 Å². The number of methoxy groups -OCH3 is 1. The van der Waals surface area contributed by atoms with Gasteiger partial charge < -0.3 is 20.9 Å². The number of primary amides is 1. The van der Waals surface area contributed by atoms with Crippen LogP contribution in [0.4, 0.5) is 5.69 Å². The number of nitrogens with one attached hydrogen (secondary N) is 1. The van der Waals surface area contributed by atoms with E-state index in [0.29, 0.717) is 28.0 Å². The molecule has 2 aromatic rings. The lowest BCUT2D eigenvalue weighted by molar-refractivity contribution is 0.100. The first-order chi connectivity index (χ1) is 10.0. The van der Waals surface area contributed by atoms with Crippen molar-refractivity contribution in [2.75, 3.05) is 12.4 Å². The van der Waals surface area contributed by atoms with E-state index in [1.54, 1.807) is 37.4 Å². The van der Waals surface area contributed by atoms with Crippen LogP contribution >= 0.6 is 15.9 Å². The van der Waals surface area contributed by atoms with Gasteiger partial charge in [-0.25, -0.2) is 0 Å². The van der Waals surface area contributed by atoms with E-state index in [2.05, 4.69) is 21.2 Å². The number of phenolic OH excluding ortho intramolecular Hbond substituents is 1. The average molecular weight is 351 g/mol. The number of anilines is 1. The summed E-state index contributed by atoms with van der Waals surface area (Å²) < 4.78 is 5.87. The van der Waals surface area contributed by atoms with E-state index in [4.69, 9.17) is 10.5 Å². The van der Waals surface area contributed by atoms with Crippen LogP contribution in [0.1, 0.15) is 15.9 Å². The smallest absolute Gasteiger partial charge is 0.248 e. The van der Waals surface area contributed by atoms with Crippen LogP contribution in [-0.4, -0.2) is 18.1 Å². The molecule has 21 heavy (non-hydrogen) atoms. The van der Waals surface area contributed by atoms with Crippen LogP contribution in [0.5, 0.6) is 11.5 Å².